The van der Waals surface area contributed by atoms with E-state index < -0.39 is 47.7 Å². The van der Waals surface area contributed by atoms with Crippen molar-refractivity contribution >= 4 is 30.0 Å². The third kappa shape index (κ3) is 11.3. The molecule has 272 valence electrons. The number of nitrogens with zero attached hydrogens (tertiary/aromatic N) is 1. The van der Waals surface area contributed by atoms with Crippen LogP contribution in [0, 0.1) is 0 Å². The normalized spacial score (nSPS) is 13.2. The molecule has 3 aromatic carbocycles. The summed E-state index contributed by atoms with van der Waals surface area (Å²) in [5.74, 6) is -2.74. The van der Waals surface area contributed by atoms with Crippen molar-refractivity contribution in [3.05, 3.63) is 95.6 Å². The zero-order valence-electron chi connectivity index (χ0n) is 29.6. The molecule has 3 amide bonds. The third-order valence-electron chi connectivity index (χ3n) is 8.48. The van der Waals surface area contributed by atoms with Crippen molar-refractivity contribution in [2.75, 3.05) is 20.2 Å². The lowest BCUT2D eigenvalue weighted by molar-refractivity contribution is -0.157. The number of carbonyl (C=O) groups excluding carboxylic acids is 4. The second-order valence-corrected chi connectivity index (χ2v) is 13.4. The quantitative estimate of drug-likeness (QED) is 0.0921. The lowest BCUT2D eigenvalue weighted by atomic mass is 9.98. The SMILES string of the molecule is CN(C(=O)[C@H](CCCCNC(=O)OCc1ccccc1)NC(=O)OCC1c2ccccc2-c2ccccc21)[C@@H](CCC(=O)OC(C)(C)C)C(=O)O. The number of fused-ring (bicyclic) bond motifs is 3. The van der Waals surface area contributed by atoms with Gasteiger partial charge in [-0.3, -0.25) is 9.59 Å². The Morgan fingerprint density at radius 1 is 0.804 bits per heavy atom. The van der Waals surface area contributed by atoms with Crippen LogP contribution in [0.5, 0.6) is 0 Å². The topological polar surface area (TPSA) is 161 Å². The molecule has 0 radical (unpaired) electrons. The highest BCUT2D eigenvalue weighted by molar-refractivity contribution is 5.89. The number of amides is 3. The Hall–Kier alpha value is -5.39. The van der Waals surface area contributed by atoms with Gasteiger partial charge in [0.1, 0.15) is 30.9 Å². The van der Waals surface area contributed by atoms with Gasteiger partial charge < -0.3 is 34.9 Å². The van der Waals surface area contributed by atoms with Crippen LogP contribution in [0.4, 0.5) is 9.59 Å². The molecular formula is C39H47N3O9. The Labute approximate surface area is 298 Å². The van der Waals surface area contributed by atoms with Gasteiger partial charge in [-0.25, -0.2) is 14.4 Å². The van der Waals surface area contributed by atoms with E-state index in [2.05, 4.69) is 10.6 Å². The van der Waals surface area contributed by atoms with Gasteiger partial charge in [-0.15, -0.1) is 0 Å². The Bertz CT molecular complexity index is 1630. The van der Waals surface area contributed by atoms with Gasteiger partial charge in [-0.05, 0) is 74.3 Å². The second kappa shape index (κ2) is 18.0. The molecule has 3 N–H and O–H groups in total. The van der Waals surface area contributed by atoms with Gasteiger partial charge in [-0.1, -0.05) is 78.9 Å². The maximum absolute atomic E-state index is 13.8. The summed E-state index contributed by atoms with van der Waals surface area (Å²) in [5, 5.41) is 15.3. The molecule has 0 fully saturated rings. The molecule has 4 rings (SSSR count). The van der Waals surface area contributed by atoms with Crippen molar-refractivity contribution in [1.29, 1.82) is 0 Å². The van der Waals surface area contributed by atoms with Crippen molar-refractivity contribution in [3.8, 4) is 11.1 Å². The predicted octanol–water partition coefficient (Wildman–Crippen LogP) is 6.02. The smallest absolute Gasteiger partial charge is 0.407 e. The van der Waals surface area contributed by atoms with Crippen LogP contribution in [-0.2, 0) is 35.2 Å². The zero-order chi connectivity index (χ0) is 37.0. The molecule has 1 aliphatic rings. The molecular weight excluding hydrogens is 654 g/mol. The monoisotopic (exact) mass is 701 g/mol. The number of hydrogen-bond acceptors (Lipinski definition) is 8. The molecule has 1 aliphatic carbocycles. The third-order valence-corrected chi connectivity index (χ3v) is 8.48. The van der Waals surface area contributed by atoms with E-state index in [0.29, 0.717) is 12.8 Å². The van der Waals surface area contributed by atoms with Crippen LogP contribution in [-0.4, -0.2) is 77.9 Å². The number of rotatable bonds is 16. The number of nitrogens with one attached hydrogen (secondary N) is 2. The Morgan fingerprint density at radius 3 is 2.02 bits per heavy atom. The van der Waals surface area contributed by atoms with E-state index in [4.69, 9.17) is 14.2 Å². The standard InChI is InChI=1S/C39H47N3O9/c1-39(2,3)51-34(43)22-21-33(36(45)46)42(4)35(44)32(20-12-13-23-40-37(47)49-24-26-14-6-5-7-15-26)41-38(48)50-25-31-29-18-10-8-16-27(29)28-17-9-11-19-30(28)31/h5-11,14-19,31-33H,12-13,20-25H2,1-4H3,(H,40,47)(H,41,48)(H,45,46)/t32-,33-/m0/s1. The summed E-state index contributed by atoms with van der Waals surface area (Å²) in [6.07, 6.45) is -0.846. The summed E-state index contributed by atoms with van der Waals surface area (Å²) in [6, 6.07) is 22.6. The zero-order valence-corrected chi connectivity index (χ0v) is 29.6. The van der Waals surface area contributed by atoms with Gasteiger partial charge in [0.15, 0.2) is 0 Å². The largest absolute Gasteiger partial charge is 0.480 e. The van der Waals surface area contributed by atoms with E-state index in [1.807, 2.05) is 78.9 Å². The first kappa shape index (κ1) is 38.4. The van der Waals surface area contributed by atoms with E-state index >= 15 is 0 Å². The number of likely N-dealkylation sites (N-methyl/N-ethyl adjacent to an activating group) is 1. The lowest BCUT2D eigenvalue weighted by Crippen LogP contribution is -2.52. The molecule has 3 aromatic rings. The van der Waals surface area contributed by atoms with Gasteiger partial charge in [-0.2, -0.15) is 0 Å². The number of aliphatic carboxylic acids is 1. The van der Waals surface area contributed by atoms with E-state index in [-0.39, 0.29) is 44.9 Å². The molecule has 0 unspecified atom stereocenters. The lowest BCUT2D eigenvalue weighted by Gasteiger charge is -2.29. The fourth-order valence-corrected chi connectivity index (χ4v) is 6.01. The first-order chi connectivity index (χ1) is 24.3. The number of carbonyl (C=O) groups is 5. The summed E-state index contributed by atoms with van der Waals surface area (Å²) in [5.41, 5.74) is 4.30. The number of alkyl carbamates (subject to hydrolysis) is 2. The molecule has 12 nitrogen and oxygen atoms in total. The number of carboxylic acids is 1. The minimum atomic E-state index is -1.35. The number of hydrogen-bond donors (Lipinski definition) is 3. The predicted molar refractivity (Wildman–Crippen MR) is 190 cm³/mol. The minimum Gasteiger partial charge on any atom is -0.480 e. The van der Waals surface area contributed by atoms with Gasteiger partial charge >= 0.3 is 24.1 Å². The molecule has 0 saturated heterocycles. The Balaban J connectivity index is 1.37. The number of ether oxygens (including phenoxy) is 3. The highest BCUT2D eigenvalue weighted by Crippen LogP contribution is 2.44. The van der Waals surface area contributed by atoms with Gasteiger partial charge in [0.05, 0.1) is 0 Å². The van der Waals surface area contributed by atoms with Crippen molar-refractivity contribution in [3.63, 3.8) is 0 Å². The molecule has 2 atom stereocenters. The number of carboxylic acid groups (broad SMARTS) is 1. The first-order valence-electron chi connectivity index (χ1n) is 17.1. The summed E-state index contributed by atoms with van der Waals surface area (Å²) < 4.78 is 16.2. The summed E-state index contributed by atoms with van der Waals surface area (Å²) in [4.78, 5) is 64.7. The van der Waals surface area contributed by atoms with Gasteiger partial charge in [0.25, 0.3) is 0 Å². The van der Waals surface area contributed by atoms with Crippen LogP contribution < -0.4 is 10.6 Å². The molecule has 0 spiro atoms. The van der Waals surface area contributed by atoms with Crippen molar-refractivity contribution < 1.29 is 43.3 Å². The van der Waals surface area contributed by atoms with Crippen LogP contribution >= 0.6 is 0 Å². The first-order valence-corrected chi connectivity index (χ1v) is 17.1. The van der Waals surface area contributed by atoms with Crippen molar-refractivity contribution in [2.24, 2.45) is 0 Å². The molecule has 51 heavy (non-hydrogen) atoms. The molecule has 0 saturated carbocycles. The van der Waals surface area contributed by atoms with E-state index in [1.54, 1.807) is 20.8 Å². The molecule has 12 heteroatoms. The Morgan fingerprint density at radius 2 is 1.41 bits per heavy atom. The number of unbranched alkanes of at least 4 members (excludes halogenated alkanes) is 1. The molecule has 0 bridgehead atoms. The fourth-order valence-electron chi connectivity index (χ4n) is 6.01. The summed E-state index contributed by atoms with van der Waals surface area (Å²) in [6.45, 7) is 5.52. The maximum atomic E-state index is 13.8. The van der Waals surface area contributed by atoms with Crippen LogP contribution in [0.3, 0.4) is 0 Å². The van der Waals surface area contributed by atoms with Gasteiger partial charge in [0.2, 0.25) is 5.91 Å². The maximum Gasteiger partial charge on any atom is 0.407 e. The summed E-state index contributed by atoms with van der Waals surface area (Å²) in [7, 11) is 1.33. The highest BCUT2D eigenvalue weighted by Gasteiger charge is 2.34. The Kier molecular flexibility index (Phi) is 13.6. The van der Waals surface area contributed by atoms with E-state index in [0.717, 1.165) is 32.7 Å². The van der Waals surface area contributed by atoms with E-state index in [9.17, 15) is 29.1 Å². The minimum absolute atomic E-state index is 0.0270. The van der Waals surface area contributed by atoms with E-state index in [1.165, 1.54) is 7.05 Å². The van der Waals surface area contributed by atoms with Crippen molar-refractivity contribution in [2.45, 2.75) is 83.1 Å². The molecule has 0 aromatic heterocycles. The average Bonchev–Trinajstić information content (AvgIpc) is 3.41. The van der Waals surface area contributed by atoms with Crippen LogP contribution in [0.25, 0.3) is 11.1 Å². The molecule has 0 aliphatic heterocycles. The number of esters is 1. The number of benzene rings is 3. The van der Waals surface area contributed by atoms with Crippen molar-refractivity contribution in [1.82, 2.24) is 15.5 Å². The highest BCUT2D eigenvalue weighted by atomic mass is 16.6. The van der Waals surface area contributed by atoms with Crippen LogP contribution in [0.15, 0.2) is 78.9 Å². The fraction of sp³-hybridized carbons (Fsp3) is 0.410. The van der Waals surface area contributed by atoms with Crippen LogP contribution in [0.1, 0.15) is 75.5 Å². The second-order valence-electron chi connectivity index (χ2n) is 13.4. The summed E-state index contributed by atoms with van der Waals surface area (Å²) >= 11 is 0. The average molecular weight is 702 g/mol. The van der Waals surface area contributed by atoms with Gasteiger partial charge in [0, 0.05) is 25.9 Å². The van der Waals surface area contributed by atoms with Crippen LogP contribution in [0.2, 0.25) is 0 Å². The molecule has 0 heterocycles.